The van der Waals surface area contributed by atoms with Gasteiger partial charge in [-0.3, -0.25) is 18.7 Å². The van der Waals surface area contributed by atoms with Gasteiger partial charge in [0.1, 0.15) is 5.39 Å². The highest BCUT2D eigenvalue weighted by Gasteiger charge is 2.15. The SMILES string of the molecule is Cn1c(=O)c2c(NC(=O)Cc3ccccc3)ccnc2n(C)c1=O. The second-order valence-corrected chi connectivity index (χ2v) is 5.47. The Kier molecular flexibility index (Phi) is 3.99. The number of fused-ring (bicyclic) bond motifs is 1. The Morgan fingerprint density at radius 3 is 2.50 bits per heavy atom. The number of aromatic nitrogens is 3. The van der Waals surface area contributed by atoms with Gasteiger partial charge in [-0.1, -0.05) is 30.3 Å². The van der Waals surface area contributed by atoms with Crippen LogP contribution in [0.25, 0.3) is 11.0 Å². The first-order valence-corrected chi connectivity index (χ1v) is 7.37. The summed E-state index contributed by atoms with van der Waals surface area (Å²) < 4.78 is 2.28. The summed E-state index contributed by atoms with van der Waals surface area (Å²) >= 11 is 0. The zero-order chi connectivity index (χ0) is 17.3. The number of anilines is 1. The molecule has 0 radical (unpaired) electrons. The van der Waals surface area contributed by atoms with Gasteiger partial charge in [-0.25, -0.2) is 9.78 Å². The third kappa shape index (κ3) is 2.71. The summed E-state index contributed by atoms with van der Waals surface area (Å²) in [6.45, 7) is 0. The molecule has 122 valence electrons. The average molecular weight is 324 g/mol. The second kappa shape index (κ2) is 6.11. The molecule has 0 atom stereocenters. The molecule has 0 saturated heterocycles. The molecule has 1 N–H and O–H groups in total. The fourth-order valence-corrected chi connectivity index (χ4v) is 2.57. The number of rotatable bonds is 3. The lowest BCUT2D eigenvalue weighted by Crippen LogP contribution is -2.37. The fraction of sp³-hybridized carbons (Fsp3) is 0.176. The Morgan fingerprint density at radius 1 is 1.08 bits per heavy atom. The van der Waals surface area contributed by atoms with E-state index in [4.69, 9.17) is 0 Å². The molecule has 1 aromatic carbocycles. The number of carbonyl (C=O) groups excluding carboxylic acids is 1. The van der Waals surface area contributed by atoms with E-state index >= 15 is 0 Å². The van der Waals surface area contributed by atoms with E-state index in [0.29, 0.717) is 5.69 Å². The van der Waals surface area contributed by atoms with Crippen LogP contribution in [-0.4, -0.2) is 20.0 Å². The summed E-state index contributed by atoms with van der Waals surface area (Å²) in [5.74, 6) is -0.246. The first-order chi connectivity index (χ1) is 11.5. The molecule has 0 aliphatic heterocycles. The minimum Gasteiger partial charge on any atom is -0.325 e. The number of carbonyl (C=O) groups is 1. The quantitative estimate of drug-likeness (QED) is 0.772. The monoisotopic (exact) mass is 324 g/mol. The molecule has 0 aliphatic rings. The number of hydrogen-bond acceptors (Lipinski definition) is 4. The molecule has 2 aromatic heterocycles. The van der Waals surface area contributed by atoms with Crippen LogP contribution in [0.4, 0.5) is 5.69 Å². The van der Waals surface area contributed by atoms with Crippen LogP contribution in [0.5, 0.6) is 0 Å². The van der Waals surface area contributed by atoms with Gasteiger partial charge in [0, 0.05) is 20.3 Å². The van der Waals surface area contributed by atoms with E-state index in [1.807, 2.05) is 30.3 Å². The standard InChI is InChI=1S/C17H16N4O3/c1-20-15-14(16(23)21(2)17(20)24)12(8-9-18-15)19-13(22)10-11-6-4-3-5-7-11/h3-9H,10H2,1-2H3,(H,18,19,22). The van der Waals surface area contributed by atoms with E-state index in [9.17, 15) is 14.4 Å². The van der Waals surface area contributed by atoms with E-state index in [-0.39, 0.29) is 23.4 Å². The van der Waals surface area contributed by atoms with Gasteiger partial charge in [0.05, 0.1) is 12.1 Å². The molecule has 24 heavy (non-hydrogen) atoms. The number of hydrogen-bond donors (Lipinski definition) is 1. The minimum atomic E-state index is -0.490. The Morgan fingerprint density at radius 2 is 1.79 bits per heavy atom. The molecular formula is C17H16N4O3. The lowest BCUT2D eigenvalue weighted by Gasteiger charge is -2.11. The van der Waals surface area contributed by atoms with E-state index in [1.165, 1.54) is 24.9 Å². The number of nitrogens with zero attached hydrogens (tertiary/aromatic N) is 3. The summed E-state index contributed by atoms with van der Waals surface area (Å²) in [6, 6.07) is 10.9. The third-order valence-corrected chi connectivity index (χ3v) is 3.82. The van der Waals surface area contributed by atoms with Crippen molar-refractivity contribution >= 4 is 22.6 Å². The molecule has 7 heteroatoms. The number of aryl methyl sites for hydroxylation is 1. The highest BCUT2D eigenvalue weighted by Crippen LogP contribution is 2.16. The van der Waals surface area contributed by atoms with Gasteiger partial charge < -0.3 is 5.32 Å². The van der Waals surface area contributed by atoms with Gasteiger partial charge in [-0.2, -0.15) is 0 Å². The van der Waals surface area contributed by atoms with Gasteiger partial charge in [0.25, 0.3) is 5.56 Å². The average Bonchev–Trinajstić information content (AvgIpc) is 2.58. The van der Waals surface area contributed by atoms with E-state index in [1.54, 1.807) is 6.07 Å². The molecule has 0 bridgehead atoms. The summed E-state index contributed by atoms with van der Waals surface area (Å²) in [5, 5.41) is 2.95. The lowest BCUT2D eigenvalue weighted by atomic mass is 10.1. The van der Waals surface area contributed by atoms with Crippen LogP contribution in [0, 0.1) is 0 Å². The van der Waals surface area contributed by atoms with Crippen LogP contribution in [0.3, 0.4) is 0 Å². The van der Waals surface area contributed by atoms with E-state index in [0.717, 1.165) is 10.1 Å². The maximum absolute atomic E-state index is 12.4. The first kappa shape index (κ1) is 15.7. The molecule has 0 spiro atoms. The molecule has 3 aromatic rings. The maximum atomic E-state index is 12.4. The van der Waals surface area contributed by atoms with Crippen molar-refractivity contribution in [3.63, 3.8) is 0 Å². The van der Waals surface area contributed by atoms with Gasteiger partial charge in [-0.05, 0) is 11.6 Å². The normalized spacial score (nSPS) is 10.8. The van der Waals surface area contributed by atoms with Crippen molar-refractivity contribution in [3.05, 3.63) is 69.0 Å². The fourth-order valence-electron chi connectivity index (χ4n) is 2.57. The topological polar surface area (TPSA) is 86.0 Å². The van der Waals surface area contributed by atoms with Crippen molar-refractivity contribution in [2.45, 2.75) is 6.42 Å². The number of pyridine rings is 1. The van der Waals surface area contributed by atoms with Crippen molar-refractivity contribution in [1.29, 1.82) is 0 Å². The first-order valence-electron chi connectivity index (χ1n) is 7.37. The number of nitrogens with one attached hydrogen (secondary N) is 1. The molecule has 0 saturated carbocycles. The van der Waals surface area contributed by atoms with Crippen LogP contribution >= 0.6 is 0 Å². The van der Waals surface area contributed by atoms with Crippen molar-refractivity contribution in [3.8, 4) is 0 Å². The Balaban J connectivity index is 2.03. The maximum Gasteiger partial charge on any atom is 0.332 e. The van der Waals surface area contributed by atoms with Crippen LogP contribution in [0.1, 0.15) is 5.56 Å². The summed E-state index contributed by atoms with van der Waals surface area (Å²) in [6.07, 6.45) is 1.65. The van der Waals surface area contributed by atoms with Crippen molar-refractivity contribution in [2.24, 2.45) is 14.1 Å². The Bertz CT molecular complexity index is 1040. The summed E-state index contributed by atoms with van der Waals surface area (Å²) in [7, 11) is 2.93. The van der Waals surface area contributed by atoms with E-state index < -0.39 is 11.2 Å². The molecule has 0 aliphatic carbocycles. The summed E-state index contributed by atoms with van der Waals surface area (Å²) in [4.78, 5) is 40.8. The van der Waals surface area contributed by atoms with Gasteiger partial charge in [-0.15, -0.1) is 0 Å². The molecule has 7 nitrogen and oxygen atoms in total. The molecule has 2 heterocycles. The van der Waals surface area contributed by atoms with Gasteiger partial charge in [0.15, 0.2) is 5.65 Å². The Hall–Kier alpha value is -3.22. The third-order valence-electron chi connectivity index (χ3n) is 3.82. The van der Waals surface area contributed by atoms with Crippen LogP contribution in [-0.2, 0) is 25.3 Å². The minimum absolute atomic E-state index is 0.191. The zero-order valence-electron chi connectivity index (χ0n) is 13.3. The van der Waals surface area contributed by atoms with Crippen molar-refractivity contribution in [1.82, 2.24) is 14.1 Å². The smallest absolute Gasteiger partial charge is 0.325 e. The van der Waals surface area contributed by atoms with Crippen LogP contribution < -0.4 is 16.6 Å². The van der Waals surface area contributed by atoms with Crippen molar-refractivity contribution in [2.75, 3.05) is 5.32 Å². The predicted octanol–water partition coefficient (Wildman–Crippen LogP) is 0.813. The highest BCUT2D eigenvalue weighted by atomic mass is 16.2. The van der Waals surface area contributed by atoms with Crippen molar-refractivity contribution < 1.29 is 4.79 Å². The predicted molar refractivity (Wildman–Crippen MR) is 91.0 cm³/mol. The number of amides is 1. The molecule has 1 amide bonds. The molecular weight excluding hydrogens is 308 g/mol. The lowest BCUT2D eigenvalue weighted by molar-refractivity contribution is -0.115. The van der Waals surface area contributed by atoms with Gasteiger partial charge in [0.2, 0.25) is 5.91 Å². The molecule has 0 fully saturated rings. The van der Waals surface area contributed by atoms with Gasteiger partial charge >= 0.3 is 5.69 Å². The number of benzene rings is 1. The molecule has 3 rings (SSSR count). The van der Waals surface area contributed by atoms with Crippen LogP contribution in [0.2, 0.25) is 0 Å². The highest BCUT2D eigenvalue weighted by molar-refractivity contribution is 6.00. The summed E-state index contributed by atoms with van der Waals surface area (Å²) in [5.41, 5.74) is 0.496. The molecule has 0 unspecified atom stereocenters. The zero-order valence-corrected chi connectivity index (χ0v) is 13.3. The largest absolute Gasteiger partial charge is 0.332 e. The van der Waals surface area contributed by atoms with E-state index in [2.05, 4.69) is 10.3 Å². The van der Waals surface area contributed by atoms with Crippen LogP contribution in [0.15, 0.2) is 52.2 Å². The Labute approximate surface area is 137 Å². The second-order valence-electron chi connectivity index (χ2n) is 5.47.